The lowest BCUT2D eigenvalue weighted by atomic mass is 10.0. The quantitative estimate of drug-likeness (QED) is 0.278. The van der Waals surface area contributed by atoms with Gasteiger partial charge in [0.05, 0.1) is 24.9 Å². The molecule has 4 rings (SSSR count). The van der Waals surface area contributed by atoms with Crippen molar-refractivity contribution in [1.29, 1.82) is 0 Å². The Morgan fingerprint density at radius 1 is 1.03 bits per heavy atom. The van der Waals surface area contributed by atoms with E-state index in [0.717, 1.165) is 36.0 Å². The first-order valence-electron chi connectivity index (χ1n) is 14.1. The summed E-state index contributed by atoms with van der Waals surface area (Å²) in [6, 6.07) is 18.2. The molecule has 1 atom stereocenters. The number of hydrogen-bond donors (Lipinski definition) is 2. The molecule has 3 aromatic rings. The van der Waals surface area contributed by atoms with Crippen LogP contribution in [0.5, 0.6) is 0 Å². The van der Waals surface area contributed by atoms with E-state index in [2.05, 4.69) is 15.3 Å². The fourth-order valence-electron chi connectivity index (χ4n) is 5.00. The van der Waals surface area contributed by atoms with Crippen LogP contribution in [-0.2, 0) is 11.3 Å². The molecule has 0 saturated carbocycles. The molecule has 1 amide bonds. The fourth-order valence-corrected chi connectivity index (χ4v) is 5.00. The Hall–Kier alpha value is -3.49. The molecule has 2 aromatic carbocycles. The van der Waals surface area contributed by atoms with Gasteiger partial charge in [-0.3, -0.25) is 10.1 Å². The van der Waals surface area contributed by atoms with Crippen LogP contribution in [0.3, 0.4) is 0 Å². The SMILES string of the molecule is CCOC(=O)Nc1cccc(Cn2nc(-c3ccc(C(O)CCCCCCN4CCCC4)cc3)ccc2=O)c1. The summed E-state index contributed by atoms with van der Waals surface area (Å²) in [6.45, 7) is 6.03. The Kier molecular flexibility index (Phi) is 10.7. The number of nitrogens with one attached hydrogen (secondary N) is 1. The Morgan fingerprint density at radius 3 is 2.56 bits per heavy atom. The lowest BCUT2D eigenvalue weighted by molar-refractivity contribution is 0.163. The number of anilines is 1. The average molecular weight is 533 g/mol. The van der Waals surface area contributed by atoms with E-state index in [1.807, 2.05) is 36.4 Å². The number of carbonyl (C=O) groups excluding carboxylic acids is 1. The molecule has 1 fully saturated rings. The van der Waals surface area contributed by atoms with Gasteiger partial charge >= 0.3 is 6.09 Å². The second-order valence-corrected chi connectivity index (χ2v) is 10.1. The zero-order chi connectivity index (χ0) is 27.5. The molecule has 0 bridgehead atoms. The first-order valence-corrected chi connectivity index (χ1v) is 14.1. The van der Waals surface area contributed by atoms with E-state index in [0.29, 0.717) is 11.4 Å². The third kappa shape index (κ3) is 8.76. The summed E-state index contributed by atoms with van der Waals surface area (Å²) in [5.74, 6) is 0. The van der Waals surface area contributed by atoms with Gasteiger partial charge in [0.1, 0.15) is 0 Å². The third-order valence-corrected chi connectivity index (χ3v) is 7.14. The number of carbonyl (C=O) groups is 1. The number of ether oxygens (including phenoxy) is 1. The van der Waals surface area contributed by atoms with Crippen LogP contribution in [0.15, 0.2) is 65.5 Å². The molecule has 2 N–H and O–H groups in total. The molecular weight excluding hydrogens is 492 g/mol. The van der Waals surface area contributed by atoms with Gasteiger partial charge in [-0.25, -0.2) is 9.48 Å². The van der Waals surface area contributed by atoms with E-state index < -0.39 is 12.2 Å². The highest BCUT2D eigenvalue weighted by molar-refractivity contribution is 5.84. The molecule has 1 aromatic heterocycles. The number of rotatable bonds is 13. The predicted molar refractivity (Wildman–Crippen MR) is 154 cm³/mol. The predicted octanol–water partition coefficient (Wildman–Crippen LogP) is 5.61. The summed E-state index contributed by atoms with van der Waals surface area (Å²) in [5.41, 5.74) is 3.65. The highest BCUT2D eigenvalue weighted by Gasteiger charge is 2.12. The van der Waals surface area contributed by atoms with Crippen molar-refractivity contribution < 1.29 is 14.6 Å². The van der Waals surface area contributed by atoms with E-state index in [1.54, 1.807) is 25.1 Å². The number of amides is 1. The number of aliphatic hydroxyl groups is 1. The van der Waals surface area contributed by atoms with Gasteiger partial charge in [-0.1, -0.05) is 55.7 Å². The number of hydrogen-bond acceptors (Lipinski definition) is 6. The molecule has 1 aliphatic heterocycles. The van der Waals surface area contributed by atoms with Crippen molar-refractivity contribution in [2.75, 3.05) is 31.6 Å². The highest BCUT2D eigenvalue weighted by atomic mass is 16.5. The second kappa shape index (κ2) is 14.6. The van der Waals surface area contributed by atoms with Gasteiger partial charge in [-0.15, -0.1) is 0 Å². The minimum absolute atomic E-state index is 0.213. The summed E-state index contributed by atoms with van der Waals surface area (Å²) in [7, 11) is 0. The van der Waals surface area contributed by atoms with Gasteiger partial charge in [0.2, 0.25) is 0 Å². The van der Waals surface area contributed by atoms with Crippen LogP contribution in [0, 0.1) is 0 Å². The van der Waals surface area contributed by atoms with Crippen LogP contribution in [0.2, 0.25) is 0 Å². The summed E-state index contributed by atoms with van der Waals surface area (Å²) >= 11 is 0. The van der Waals surface area contributed by atoms with Crippen LogP contribution in [-0.4, -0.2) is 52.1 Å². The van der Waals surface area contributed by atoms with Crippen LogP contribution in [0.4, 0.5) is 10.5 Å². The van der Waals surface area contributed by atoms with Crippen molar-refractivity contribution in [2.45, 2.75) is 64.5 Å². The van der Waals surface area contributed by atoms with E-state index >= 15 is 0 Å². The second-order valence-electron chi connectivity index (χ2n) is 10.1. The molecule has 208 valence electrons. The molecule has 0 spiro atoms. The standard InChI is InChI=1S/C31H40N4O4/c1-2-39-31(38)32-27-11-9-10-24(22-27)23-35-30(37)18-17-28(33-35)25-13-15-26(16-14-25)29(36)12-5-3-4-6-19-34-20-7-8-21-34/h9-11,13-18,22,29,36H,2-8,12,19-21,23H2,1H3,(H,32,38). The monoisotopic (exact) mass is 532 g/mol. The first kappa shape index (κ1) is 28.5. The van der Waals surface area contributed by atoms with E-state index in [4.69, 9.17) is 4.74 Å². The minimum atomic E-state index is -0.520. The number of aromatic nitrogens is 2. The Balaban J connectivity index is 1.30. The Labute approximate surface area is 230 Å². The number of unbranched alkanes of at least 4 members (excludes halogenated alkanes) is 3. The number of likely N-dealkylation sites (tertiary alicyclic amines) is 1. The molecule has 8 heteroatoms. The van der Waals surface area contributed by atoms with E-state index in [-0.39, 0.29) is 18.7 Å². The van der Waals surface area contributed by atoms with Gasteiger partial charge in [-0.2, -0.15) is 5.10 Å². The summed E-state index contributed by atoms with van der Waals surface area (Å²) < 4.78 is 6.33. The summed E-state index contributed by atoms with van der Waals surface area (Å²) in [4.78, 5) is 26.8. The first-order chi connectivity index (χ1) is 19.0. The maximum Gasteiger partial charge on any atom is 0.411 e. The third-order valence-electron chi connectivity index (χ3n) is 7.14. The van der Waals surface area contributed by atoms with Gasteiger partial charge in [-0.05, 0) is 81.6 Å². The minimum Gasteiger partial charge on any atom is -0.450 e. The van der Waals surface area contributed by atoms with Crippen molar-refractivity contribution in [3.63, 3.8) is 0 Å². The molecule has 1 unspecified atom stereocenters. The summed E-state index contributed by atoms with van der Waals surface area (Å²) in [5, 5.41) is 17.9. The lowest BCUT2D eigenvalue weighted by Gasteiger charge is -2.14. The fraction of sp³-hybridized carbons (Fsp3) is 0.452. The van der Waals surface area contributed by atoms with Gasteiger partial charge < -0.3 is 14.7 Å². The molecule has 2 heterocycles. The summed E-state index contributed by atoms with van der Waals surface area (Å²) in [6.07, 6.45) is 7.08. The van der Waals surface area contributed by atoms with Crippen molar-refractivity contribution in [3.05, 3.63) is 82.1 Å². The topological polar surface area (TPSA) is 96.7 Å². The lowest BCUT2D eigenvalue weighted by Crippen LogP contribution is -2.23. The van der Waals surface area contributed by atoms with Crippen LogP contribution in [0.25, 0.3) is 11.3 Å². The van der Waals surface area contributed by atoms with Crippen molar-refractivity contribution in [1.82, 2.24) is 14.7 Å². The van der Waals surface area contributed by atoms with Crippen molar-refractivity contribution in [3.8, 4) is 11.3 Å². The Bertz CT molecular complexity index is 1250. The Morgan fingerprint density at radius 2 is 1.79 bits per heavy atom. The normalized spacial score (nSPS) is 14.3. The zero-order valence-electron chi connectivity index (χ0n) is 22.8. The zero-order valence-corrected chi connectivity index (χ0v) is 22.8. The molecule has 0 radical (unpaired) electrons. The van der Waals surface area contributed by atoms with Crippen molar-refractivity contribution in [2.24, 2.45) is 0 Å². The van der Waals surface area contributed by atoms with Crippen LogP contribution >= 0.6 is 0 Å². The molecule has 0 aliphatic carbocycles. The van der Waals surface area contributed by atoms with E-state index in [9.17, 15) is 14.7 Å². The molecular formula is C31H40N4O4. The molecule has 39 heavy (non-hydrogen) atoms. The number of aliphatic hydroxyl groups excluding tert-OH is 1. The molecule has 8 nitrogen and oxygen atoms in total. The average Bonchev–Trinajstić information content (AvgIpc) is 3.46. The molecule has 1 aliphatic rings. The van der Waals surface area contributed by atoms with Gasteiger partial charge in [0, 0.05) is 17.3 Å². The van der Waals surface area contributed by atoms with Gasteiger partial charge in [0.15, 0.2) is 0 Å². The van der Waals surface area contributed by atoms with Crippen LogP contribution < -0.4 is 10.9 Å². The molecule has 1 saturated heterocycles. The maximum atomic E-state index is 12.5. The maximum absolute atomic E-state index is 12.5. The van der Waals surface area contributed by atoms with E-state index in [1.165, 1.54) is 56.1 Å². The number of benzene rings is 2. The number of nitrogens with zero attached hydrogens (tertiary/aromatic N) is 3. The van der Waals surface area contributed by atoms with Gasteiger partial charge in [0.25, 0.3) is 5.56 Å². The highest BCUT2D eigenvalue weighted by Crippen LogP contribution is 2.24. The van der Waals surface area contributed by atoms with Crippen molar-refractivity contribution >= 4 is 11.8 Å². The van der Waals surface area contributed by atoms with Crippen LogP contribution in [0.1, 0.15) is 69.1 Å². The smallest absolute Gasteiger partial charge is 0.411 e. The largest absolute Gasteiger partial charge is 0.450 e.